The van der Waals surface area contributed by atoms with E-state index in [1.165, 1.54) is 0 Å². The van der Waals surface area contributed by atoms with E-state index in [0.717, 1.165) is 78.9 Å². The minimum Gasteiger partial charge on any atom is -0.456 e. The number of rotatable bonds is 5. The van der Waals surface area contributed by atoms with Gasteiger partial charge in [-0.05, 0) is 77.4 Å². The summed E-state index contributed by atoms with van der Waals surface area (Å²) in [6, 6.07) is 55.9. The van der Waals surface area contributed by atoms with Gasteiger partial charge in [-0.1, -0.05) is 115 Å². The first-order valence-electron chi connectivity index (χ1n) is 17.4. The van der Waals surface area contributed by atoms with Crippen molar-refractivity contribution in [2.45, 2.75) is 0 Å². The van der Waals surface area contributed by atoms with Gasteiger partial charge in [0.1, 0.15) is 28.8 Å². The van der Waals surface area contributed by atoms with Crippen molar-refractivity contribution in [1.29, 1.82) is 0 Å². The largest absolute Gasteiger partial charge is 0.456 e. The van der Waals surface area contributed by atoms with Gasteiger partial charge in [0.25, 0.3) is 0 Å². The van der Waals surface area contributed by atoms with Crippen molar-refractivity contribution in [3.8, 4) is 73.3 Å². The summed E-state index contributed by atoms with van der Waals surface area (Å²) < 4.78 is 20.3. The van der Waals surface area contributed by atoms with Gasteiger partial charge >= 0.3 is 0 Å². The summed E-state index contributed by atoms with van der Waals surface area (Å²) in [5.74, 6) is 4.41. The number of ether oxygens (including phenoxy) is 3. The van der Waals surface area contributed by atoms with Crippen molar-refractivity contribution in [1.82, 2.24) is 0 Å². The summed E-state index contributed by atoms with van der Waals surface area (Å²) in [7, 11) is 0. The van der Waals surface area contributed by atoms with E-state index in [4.69, 9.17) is 19.9 Å². The number of fused-ring (bicyclic) bond motifs is 7. The normalized spacial score (nSPS) is 12.9. The van der Waals surface area contributed by atoms with Crippen molar-refractivity contribution in [3.63, 3.8) is 0 Å². The number of benzene rings is 7. The standard InChI is InChI=1S/C47H34N2O3/c48-28-12-17-36-31-49(35-15-5-2-6-16-35)47-37(20-11-23-44(47)50-36)34-25-27-41-40-26-24-33(32-13-3-1-4-14-32)29-45(40)51-42-21-9-7-18-38(42)39-19-8-10-22-43(39)52-46(41)30-34/h1-27,29-31H,28,48H2/b17-12-. The van der Waals surface area contributed by atoms with Crippen LogP contribution in [0.25, 0.3) is 44.5 Å². The zero-order valence-corrected chi connectivity index (χ0v) is 28.3. The molecule has 9 rings (SSSR count). The van der Waals surface area contributed by atoms with E-state index < -0.39 is 0 Å². The number of nitrogens with zero attached hydrogens (tertiary/aromatic N) is 1. The average Bonchev–Trinajstić information content (AvgIpc) is 3.20. The molecular weight excluding hydrogens is 641 g/mol. The molecule has 2 heterocycles. The lowest BCUT2D eigenvalue weighted by Gasteiger charge is -2.31. The molecule has 0 radical (unpaired) electrons. The topological polar surface area (TPSA) is 57.0 Å². The fourth-order valence-corrected chi connectivity index (χ4v) is 6.91. The van der Waals surface area contributed by atoms with Crippen LogP contribution in [0.1, 0.15) is 0 Å². The zero-order valence-electron chi connectivity index (χ0n) is 28.3. The number of anilines is 2. The maximum Gasteiger partial charge on any atom is 0.152 e. The second kappa shape index (κ2) is 13.5. The van der Waals surface area contributed by atoms with Crippen molar-refractivity contribution < 1.29 is 14.2 Å². The quantitative estimate of drug-likeness (QED) is 0.197. The van der Waals surface area contributed by atoms with E-state index in [1.54, 1.807) is 0 Å². The van der Waals surface area contributed by atoms with Gasteiger partial charge in [0, 0.05) is 40.0 Å². The van der Waals surface area contributed by atoms with E-state index in [-0.39, 0.29) is 0 Å². The minimum atomic E-state index is 0.421. The Balaban J connectivity index is 1.24. The fraction of sp³-hybridized carbons (Fsp3) is 0.0213. The van der Waals surface area contributed by atoms with Crippen LogP contribution in [0.3, 0.4) is 0 Å². The highest BCUT2D eigenvalue weighted by molar-refractivity contribution is 5.91. The van der Waals surface area contributed by atoms with Crippen LogP contribution >= 0.6 is 0 Å². The number of hydrogen-bond acceptors (Lipinski definition) is 5. The number of nitrogens with two attached hydrogens (primary N) is 1. The predicted octanol–water partition coefficient (Wildman–Crippen LogP) is 12.1. The van der Waals surface area contributed by atoms with Crippen molar-refractivity contribution in [3.05, 3.63) is 188 Å². The molecule has 5 nitrogen and oxygen atoms in total. The molecule has 7 aromatic carbocycles. The molecule has 0 fully saturated rings. The first-order chi connectivity index (χ1) is 25.7. The van der Waals surface area contributed by atoms with Crippen LogP contribution in [-0.2, 0) is 0 Å². The van der Waals surface area contributed by atoms with E-state index in [1.807, 2.05) is 91.1 Å². The van der Waals surface area contributed by atoms with Gasteiger partial charge in [0.15, 0.2) is 5.75 Å². The third-order valence-electron chi connectivity index (χ3n) is 9.35. The maximum absolute atomic E-state index is 6.99. The van der Waals surface area contributed by atoms with Gasteiger partial charge in [-0.25, -0.2) is 0 Å². The zero-order chi connectivity index (χ0) is 34.9. The Morgan fingerprint density at radius 3 is 1.65 bits per heavy atom. The average molecular weight is 675 g/mol. The molecule has 7 aromatic rings. The Morgan fingerprint density at radius 1 is 0.442 bits per heavy atom. The molecule has 0 aliphatic carbocycles. The molecule has 0 bridgehead atoms. The van der Waals surface area contributed by atoms with Gasteiger partial charge in [-0.2, -0.15) is 0 Å². The molecule has 0 saturated heterocycles. The van der Waals surface area contributed by atoms with Crippen molar-refractivity contribution in [2.24, 2.45) is 5.73 Å². The SMILES string of the molecule is NC/C=C\C1=CN(c2ccccc2)c2c(cccc2-c2ccc3c(c2)Oc2ccccc2-c2ccccc2Oc2cc(-c4ccccc4)ccc2-3)O1. The number of hydrogen-bond donors (Lipinski definition) is 1. The lowest BCUT2D eigenvalue weighted by atomic mass is 9.94. The summed E-state index contributed by atoms with van der Waals surface area (Å²) in [5.41, 5.74) is 15.7. The Labute approximate surface area is 303 Å². The highest BCUT2D eigenvalue weighted by Gasteiger charge is 2.26. The van der Waals surface area contributed by atoms with Crippen LogP contribution in [0.15, 0.2) is 188 Å². The maximum atomic E-state index is 6.99. The van der Waals surface area contributed by atoms with Crippen LogP contribution < -0.4 is 24.8 Å². The highest BCUT2D eigenvalue weighted by atomic mass is 16.5. The van der Waals surface area contributed by atoms with E-state index in [0.29, 0.717) is 18.1 Å². The van der Waals surface area contributed by atoms with E-state index in [9.17, 15) is 0 Å². The first kappa shape index (κ1) is 31.2. The molecule has 2 aliphatic heterocycles. The Kier molecular flexibility index (Phi) is 8.08. The lowest BCUT2D eigenvalue weighted by molar-refractivity contribution is 0.436. The third kappa shape index (κ3) is 5.79. The monoisotopic (exact) mass is 674 g/mol. The van der Waals surface area contributed by atoms with Crippen LogP contribution in [0.2, 0.25) is 0 Å². The van der Waals surface area contributed by atoms with Gasteiger partial charge < -0.3 is 24.8 Å². The molecular formula is C47H34N2O3. The van der Waals surface area contributed by atoms with Crippen LogP contribution in [0.5, 0.6) is 28.7 Å². The van der Waals surface area contributed by atoms with Crippen LogP contribution in [0, 0.1) is 0 Å². The van der Waals surface area contributed by atoms with Crippen LogP contribution in [0.4, 0.5) is 11.4 Å². The summed E-state index contributed by atoms with van der Waals surface area (Å²) in [5, 5.41) is 0. The molecule has 0 unspecified atom stereocenters. The molecule has 5 heteroatoms. The van der Waals surface area contributed by atoms with Crippen LogP contribution in [-0.4, -0.2) is 6.54 Å². The number of para-hydroxylation sites is 4. The molecule has 0 amide bonds. The fourth-order valence-electron chi connectivity index (χ4n) is 6.91. The van der Waals surface area contributed by atoms with Gasteiger partial charge in [-0.3, -0.25) is 0 Å². The van der Waals surface area contributed by atoms with Gasteiger partial charge in [0.05, 0.1) is 11.9 Å². The molecule has 52 heavy (non-hydrogen) atoms. The second-order valence-electron chi connectivity index (χ2n) is 12.6. The highest BCUT2D eigenvalue weighted by Crippen LogP contribution is 2.51. The summed E-state index contributed by atoms with van der Waals surface area (Å²) >= 11 is 0. The molecule has 2 N–H and O–H groups in total. The molecule has 0 spiro atoms. The van der Waals surface area contributed by atoms with Crippen molar-refractivity contribution >= 4 is 11.4 Å². The minimum absolute atomic E-state index is 0.421. The number of allylic oxidation sites excluding steroid dienone is 1. The summed E-state index contributed by atoms with van der Waals surface area (Å²) in [4.78, 5) is 2.18. The molecule has 0 saturated carbocycles. The molecule has 0 aromatic heterocycles. The molecule has 0 atom stereocenters. The Hall–Kier alpha value is -6.82. The van der Waals surface area contributed by atoms with Gasteiger partial charge in [-0.15, -0.1) is 0 Å². The first-order valence-corrected chi connectivity index (χ1v) is 17.4. The van der Waals surface area contributed by atoms with Gasteiger partial charge in [0.2, 0.25) is 0 Å². The Morgan fingerprint density at radius 2 is 0.981 bits per heavy atom. The molecule has 250 valence electrons. The predicted molar refractivity (Wildman–Crippen MR) is 210 cm³/mol. The summed E-state index contributed by atoms with van der Waals surface area (Å²) in [6.07, 6.45) is 5.81. The van der Waals surface area contributed by atoms with Crippen molar-refractivity contribution in [2.75, 3.05) is 11.4 Å². The smallest absolute Gasteiger partial charge is 0.152 e. The van der Waals surface area contributed by atoms with E-state index in [2.05, 4.69) is 95.9 Å². The lowest BCUT2D eigenvalue weighted by Crippen LogP contribution is -2.18. The molecule has 2 aliphatic rings. The Bertz CT molecular complexity index is 2490. The summed E-state index contributed by atoms with van der Waals surface area (Å²) in [6.45, 7) is 0.421. The third-order valence-corrected chi connectivity index (χ3v) is 9.35. The van der Waals surface area contributed by atoms with E-state index >= 15 is 0 Å². The second-order valence-corrected chi connectivity index (χ2v) is 12.6.